The Morgan fingerprint density at radius 3 is 3.30 bits per heavy atom. The summed E-state index contributed by atoms with van der Waals surface area (Å²) in [5.74, 6) is 3.42. The quantitative estimate of drug-likeness (QED) is 0.558. The predicted octanol–water partition coefficient (Wildman–Crippen LogP) is 0.628. The number of fused-ring (bicyclic) bond motifs is 1. The summed E-state index contributed by atoms with van der Waals surface area (Å²) in [5, 5.41) is 3.02. The zero-order valence-electron chi connectivity index (χ0n) is 5.80. The molecule has 2 nitrogen and oxygen atoms in total. The minimum absolute atomic E-state index is 0.253. The second-order valence-electron chi connectivity index (χ2n) is 3.01. The highest BCUT2D eigenvalue weighted by Crippen LogP contribution is 2.30. The molecule has 2 saturated heterocycles. The fraction of sp³-hybridized carbons (Fsp3) is 0.857. The van der Waals surface area contributed by atoms with Crippen molar-refractivity contribution >= 4 is 17.7 Å². The van der Waals surface area contributed by atoms with E-state index in [0.717, 1.165) is 24.5 Å². The Kier molecular flexibility index (Phi) is 1.60. The minimum Gasteiger partial charge on any atom is -0.352 e. The lowest BCUT2D eigenvalue weighted by molar-refractivity contribution is -0.123. The maximum absolute atomic E-state index is 10.9. The van der Waals surface area contributed by atoms with Gasteiger partial charge in [0.2, 0.25) is 5.91 Å². The number of piperidine rings is 1. The Balaban J connectivity index is 2.03. The third-order valence-electron chi connectivity index (χ3n) is 2.29. The molecule has 56 valence electrons. The molecular weight excluding hydrogens is 146 g/mol. The molecule has 0 saturated carbocycles. The van der Waals surface area contributed by atoms with Crippen LogP contribution in [0.5, 0.6) is 0 Å². The van der Waals surface area contributed by atoms with Crippen molar-refractivity contribution in [2.45, 2.75) is 18.9 Å². The fourth-order valence-corrected chi connectivity index (χ4v) is 3.09. The summed E-state index contributed by atoms with van der Waals surface area (Å²) in [6, 6.07) is 0.506. The average Bonchev–Trinajstić information content (AvgIpc) is 2.33. The van der Waals surface area contributed by atoms with E-state index in [1.807, 2.05) is 11.8 Å². The minimum atomic E-state index is 0.253. The molecule has 2 heterocycles. The van der Waals surface area contributed by atoms with E-state index in [2.05, 4.69) is 5.32 Å². The van der Waals surface area contributed by atoms with Gasteiger partial charge in [-0.05, 0) is 18.1 Å². The van der Waals surface area contributed by atoms with Crippen molar-refractivity contribution in [3.63, 3.8) is 0 Å². The summed E-state index contributed by atoms with van der Waals surface area (Å²) < 4.78 is 0. The van der Waals surface area contributed by atoms with E-state index in [1.54, 1.807) is 0 Å². The molecule has 1 N–H and O–H groups in total. The van der Waals surface area contributed by atoms with Gasteiger partial charge in [-0.1, -0.05) is 0 Å². The monoisotopic (exact) mass is 157 g/mol. The number of hydrogen-bond donors (Lipinski definition) is 1. The first-order chi connectivity index (χ1) is 4.86. The van der Waals surface area contributed by atoms with Crippen molar-refractivity contribution in [2.24, 2.45) is 5.92 Å². The van der Waals surface area contributed by atoms with E-state index < -0.39 is 0 Å². The first kappa shape index (κ1) is 6.53. The van der Waals surface area contributed by atoms with Gasteiger partial charge in [-0.15, -0.1) is 0 Å². The zero-order valence-corrected chi connectivity index (χ0v) is 6.62. The van der Waals surface area contributed by atoms with Crippen molar-refractivity contribution in [3.05, 3.63) is 0 Å². The molecule has 0 aromatic heterocycles. The van der Waals surface area contributed by atoms with Crippen LogP contribution in [-0.2, 0) is 4.79 Å². The van der Waals surface area contributed by atoms with Crippen LogP contribution in [0.15, 0.2) is 0 Å². The van der Waals surface area contributed by atoms with Crippen LogP contribution in [0.25, 0.3) is 0 Å². The highest BCUT2D eigenvalue weighted by molar-refractivity contribution is 7.99. The van der Waals surface area contributed by atoms with Gasteiger partial charge in [0.15, 0.2) is 0 Å². The molecule has 0 aromatic carbocycles. The SMILES string of the molecule is O=C1CCC2CSCC2N1. The predicted molar refractivity (Wildman–Crippen MR) is 42.0 cm³/mol. The second kappa shape index (κ2) is 2.46. The molecule has 1 amide bonds. The molecule has 2 fully saturated rings. The first-order valence-corrected chi connectivity index (χ1v) is 4.89. The summed E-state index contributed by atoms with van der Waals surface area (Å²) in [5.41, 5.74) is 0. The summed E-state index contributed by atoms with van der Waals surface area (Å²) in [6.45, 7) is 0. The lowest BCUT2D eigenvalue weighted by Gasteiger charge is -2.24. The summed E-state index contributed by atoms with van der Waals surface area (Å²) >= 11 is 1.97. The van der Waals surface area contributed by atoms with Gasteiger partial charge in [0.1, 0.15) is 0 Å². The van der Waals surface area contributed by atoms with Gasteiger partial charge >= 0.3 is 0 Å². The Morgan fingerprint density at radius 2 is 2.40 bits per heavy atom. The Hall–Kier alpha value is -0.180. The van der Waals surface area contributed by atoms with Crippen molar-refractivity contribution in [3.8, 4) is 0 Å². The zero-order chi connectivity index (χ0) is 6.97. The molecule has 0 aliphatic carbocycles. The van der Waals surface area contributed by atoms with Crippen LogP contribution in [0.1, 0.15) is 12.8 Å². The summed E-state index contributed by atoms with van der Waals surface area (Å²) in [6.07, 6.45) is 1.87. The Morgan fingerprint density at radius 1 is 1.50 bits per heavy atom. The van der Waals surface area contributed by atoms with Crippen LogP contribution >= 0.6 is 11.8 Å². The number of carbonyl (C=O) groups is 1. The Labute approximate surface area is 64.8 Å². The van der Waals surface area contributed by atoms with E-state index >= 15 is 0 Å². The third-order valence-corrected chi connectivity index (χ3v) is 3.55. The first-order valence-electron chi connectivity index (χ1n) is 3.73. The number of amides is 1. The van der Waals surface area contributed by atoms with Gasteiger partial charge in [-0.3, -0.25) is 4.79 Å². The van der Waals surface area contributed by atoms with Crippen LogP contribution in [0, 0.1) is 5.92 Å². The smallest absolute Gasteiger partial charge is 0.220 e. The van der Waals surface area contributed by atoms with Crippen LogP contribution in [0.2, 0.25) is 0 Å². The summed E-state index contributed by atoms with van der Waals surface area (Å²) in [4.78, 5) is 10.9. The molecular formula is C7H11NOS. The fourth-order valence-electron chi connectivity index (χ4n) is 1.64. The number of rotatable bonds is 0. The molecule has 0 radical (unpaired) electrons. The number of thioether (sulfide) groups is 1. The van der Waals surface area contributed by atoms with Gasteiger partial charge in [0, 0.05) is 18.2 Å². The highest BCUT2D eigenvalue weighted by Gasteiger charge is 2.32. The third kappa shape index (κ3) is 1.03. The van der Waals surface area contributed by atoms with Crippen molar-refractivity contribution in [1.29, 1.82) is 0 Å². The average molecular weight is 157 g/mol. The molecule has 0 bridgehead atoms. The largest absolute Gasteiger partial charge is 0.352 e. The molecule has 2 aliphatic heterocycles. The molecule has 0 aromatic rings. The van der Waals surface area contributed by atoms with Gasteiger partial charge in [0.05, 0.1) is 0 Å². The summed E-state index contributed by atoms with van der Waals surface area (Å²) in [7, 11) is 0. The van der Waals surface area contributed by atoms with E-state index in [0.29, 0.717) is 6.04 Å². The number of carbonyl (C=O) groups excluding carboxylic acids is 1. The van der Waals surface area contributed by atoms with Crippen molar-refractivity contribution in [2.75, 3.05) is 11.5 Å². The molecule has 2 rings (SSSR count). The number of nitrogens with one attached hydrogen (secondary N) is 1. The maximum Gasteiger partial charge on any atom is 0.220 e. The van der Waals surface area contributed by atoms with E-state index in [-0.39, 0.29) is 5.91 Å². The highest BCUT2D eigenvalue weighted by atomic mass is 32.2. The van der Waals surface area contributed by atoms with E-state index in [9.17, 15) is 4.79 Å². The lowest BCUT2D eigenvalue weighted by Crippen LogP contribution is -2.44. The van der Waals surface area contributed by atoms with Crippen molar-refractivity contribution in [1.82, 2.24) is 5.32 Å². The van der Waals surface area contributed by atoms with Gasteiger partial charge in [-0.2, -0.15) is 11.8 Å². The molecule has 10 heavy (non-hydrogen) atoms. The van der Waals surface area contributed by atoms with Crippen LogP contribution in [0.3, 0.4) is 0 Å². The van der Waals surface area contributed by atoms with Gasteiger partial charge < -0.3 is 5.32 Å². The maximum atomic E-state index is 10.9. The van der Waals surface area contributed by atoms with Crippen LogP contribution < -0.4 is 5.32 Å². The van der Waals surface area contributed by atoms with E-state index in [1.165, 1.54) is 5.75 Å². The molecule has 2 aliphatic rings. The Bertz CT molecular complexity index is 160. The molecule has 0 spiro atoms. The van der Waals surface area contributed by atoms with Crippen LogP contribution in [-0.4, -0.2) is 23.5 Å². The normalized spacial score (nSPS) is 39.0. The van der Waals surface area contributed by atoms with Gasteiger partial charge in [0.25, 0.3) is 0 Å². The van der Waals surface area contributed by atoms with Crippen LogP contribution in [0.4, 0.5) is 0 Å². The van der Waals surface area contributed by atoms with E-state index in [4.69, 9.17) is 0 Å². The second-order valence-corrected chi connectivity index (χ2v) is 4.09. The van der Waals surface area contributed by atoms with Gasteiger partial charge in [-0.25, -0.2) is 0 Å². The van der Waals surface area contributed by atoms with Crippen molar-refractivity contribution < 1.29 is 4.79 Å². The molecule has 2 atom stereocenters. The number of hydrogen-bond acceptors (Lipinski definition) is 2. The topological polar surface area (TPSA) is 29.1 Å². The molecule has 2 unspecified atom stereocenters. The standard InChI is InChI=1S/C7H11NOS/c9-7-2-1-5-3-10-4-6(5)8-7/h5-6H,1-4H2,(H,8,9). The lowest BCUT2D eigenvalue weighted by atomic mass is 9.94. The molecule has 3 heteroatoms.